The van der Waals surface area contributed by atoms with Gasteiger partial charge in [0, 0.05) is 11.6 Å². The van der Waals surface area contributed by atoms with Crippen molar-refractivity contribution in [2.24, 2.45) is 0 Å². The molecule has 1 N–H and O–H groups in total. The van der Waals surface area contributed by atoms with Crippen molar-refractivity contribution in [2.75, 3.05) is 25.0 Å². The van der Waals surface area contributed by atoms with Crippen molar-refractivity contribution in [3.63, 3.8) is 0 Å². The predicted octanol–water partition coefficient (Wildman–Crippen LogP) is 4.37. The lowest BCUT2D eigenvalue weighted by Gasteiger charge is -2.23. The van der Waals surface area contributed by atoms with E-state index >= 15 is 0 Å². The van der Waals surface area contributed by atoms with Crippen LogP contribution in [0.15, 0.2) is 42.5 Å². The molecule has 0 spiro atoms. The molecule has 0 saturated heterocycles. The largest absolute Gasteiger partial charge is 0.490 e. The summed E-state index contributed by atoms with van der Waals surface area (Å²) in [6.07, 6.45) is 2.38. The number of para-hydroxylation sites is 2. The van der Waals surface area contributed by atoms with Crippen LogP contribution in [0.5, 0.6) is 17.2 Å². The van der Waals surface area contributed by atoms with Crippen molar-refractivity contribution >= 4 is 29.1 Å². The van der Waals surface area contributed by atoms with Crippen LogP contribution in [0.4, 0.5) is 5.69 Å². The normalized spacial score (nSPS) is 14.9. The van der Waals surface area contributed by atoms with E-state index in [9.17, 15) is 9.59 Å². The Labute approximate surface area is 209 Å². The second kappa shape index (κ2) is 11.2. The van der Waals surface area contributed by atoms with Gasteiger partial charge in [-0.2, -0.15) is 5.10 Å². The zero-order valence-corrected chi connectivity index (χ0v) is 20.5. The molecule has 2 heterocycles. The van der Waals surface area contributed by atoms with Crippen LogP contribution in [0.2, 0.25) is 5.02 Å². The van der Waals surface area contributed by atoms with Gasteiger partial charge in [0.05, 0.1) is 18.8 Å². The topological polar surface area (TPSA) is 98.6 Å². The number of halogens is 1. The maximum absolute atomic E-state index is 13.1. The Morgan fingerprint density at radius 1 is 1.09 bits per heavy atom. The Kier molecular flexibility index (Phi) is 7.87. The van der Waals surface area contributed by atoms with Gasteiger partial charge in [0.1, 0.15) is 18.2 Å². The number of hydrogen-bond donors (Lipinski definition) is 1. The first-order chi connectivity index (χ1) is 16.9. The molecule has 9 nitrogen and oxygen atoms in total. The zero-order chi connectivity index (χ0) is 24.8. The summed E-state index contributed by atoms with van der Waals surface area (Å²) < 4.78 is 13.6. The molecule has 0 aliphatic carbocycles. The number of benzene rings is 2. The van der Waals surface area contributed by atoms with Crippen LogP contribution in [-0.2, 0) is 16.1 Å². The number of ether oxygens (including phenoxy) is 2. The van der Waals surface area contributed by atoms with Crippen molar-refractivity contribution in [1.82, 2.24) is 19.7 Å². The fourth-order valence-electron chi connectivity index (χ4n) is 3.82. The fraction of sp³-hybridized carbons (Fsp3) is 0.360. The Hall–Kier alpha value is -3.59. The quantitative estimate of drug-likeness (QED) is 0.564. The number of nitrogens with zero attached hydrogens (tertiary/aromatic N) is 4. The van der Waals surface area contributed by atoms with E-state index in [0.29, 0.717) is 52.8 Å². The number of anilines is 1. The average Bonchev–Trinajstić information content (AvgIpc) is 3.13. The first kappa shape index (κ1) is 24.5. The molecule has 0 bridgehead atoms. The van der Waals surface area contributed by atoms with Crippen molar-refractivity contribution in [3.8, 4) is 17.2 Å². The molecule has 1 aliphatic rings. The molecule has 0 saturated carbocycles. The Morgan fingerprint density at radius 2 is 1.89 bits per heavy atom. The first-order valence-electron chi connectivity index (χ1n) is 11.5. The van der Waals surface area contributed by atoms with Crippen LogP contribution in [-0.4, -0.2) is 51.2 Å². The summed E-state index contributed by atoms with van der Waals surface area (Å²) in [7, 11) is 0. The second-order valence-corrected chi connectivity index (χ2v) is 8.76. The van der Waals surface area contributed by atoms with E-state index < -0.39 is 0 Å². The van der Waals surface area contributed by atoms with Gasteiger partial charge < -0.3 is 19.7 Å². The highest BCUT2D eigenvalue weighted by molar-refractivity contribution is 6.31. The highest BCUT2D eigenvalue weighted by Crippen LogP contribution is 2.36. The van der Waals surface area contributed by atoms with Crippen LogP contribution < -0.4 is 14.8 Å². The minimum absolute atomic E-state index is 0.0178. The Morgan fingerprint density at radius 3 is 2.66 bits per heavy atom. The molecular formula is C25H28ClN5O4. The van der Waals surface area contributed by atoms with Crippen LogP contribution in [0, 0.1) is 13.8 Å². The van der Waals surface area contributed by atoms with Gasteiger partial charge in [-0.05, 0) is 63.4 Å². The predicted molar refractivity (Wildman–Crippen MR) is 132 cm³/mol. The minimum Gasteiger partial charge on any atom is -0.490 e. The summed E-state index contributed by atoms with van der Waals surface area (Å²) in [6.45, 7) is 4.43. The number of amides is 2. The SMILES string of the molecule is Cc1nc(C)n(CC(=O)N2CCCCCOc3ccccc3Oc3ccc(Cl)cc3NC(=O)C2)n1. The number of aromatic nitrogens is 3. The first-order valence-corrected chi connectivity index (χ1v) is 11.9. The van der Waals surface area contributed by atoms with Gasteiger partial charge in [-0.25, -0.2) is 9.67 Å². The highest BCUT2D eigenvalue weighted by Gasteiger charge is 2.21. The number of hydrogen-bond acceptors (Lipinski definition) is 6. The molecular weight excluding hydrogens is 470 g/mol. The van der Waals surface area contributed by atoms with Gasteiger partial charge >= 0.3 is 0 Å². The molecule has 0 unspecified atom stereocenters. The molecule has 2 amide bonds. The van der Waals surface area contributed by atoms with Crippen molar-refractivity contribution in [3.05, 3.63) is 59.1 Å². The van der Waals surface area contributed by atoms with Crippen LogP contribution >= 0.6 is 11.6 Å². The standard InChI is InChI=1S/C25H28ClN5O4/c1-17-27-18(2)31(29-17)16-25(33)30-12-6-3-7-13-34-22-8-4-5-9-23(22)35-21-11-10-19(26)14-20(21)28-24(32)15-30/h4-5,8-11,14H,3,6-7,12-13,15-16H2,1-2H3,(H,28,32). The molecule has 2 aromatic carbocycles. The fourth-order valence-corrected chi connectivity index (χ4v) is 3.99. The average molecular weight is 498 g/mol. The van der Waals surface area contributed by atoms with Crippen molar-refractivity contribution in [1.29, 1.82) is 0 Å². The summed E-state index contributed by atoms with van der Waals surface area (Å²) in [4.78, 5) is 31.9. The van der Waals surface area contributed by atoms with Crippen LogP contribution in [0.1, 0.15) is 30.9 Å². The summed E-state index contributed by atoms with van der Waals surface area (Å²) >= 11 is 6.19. The molecule has 1 aromatic heterocycles. The summed E-state index contributed by atoms with van der Waals surface area (Å²) in [5.41, 5.74) is 0.405. The van der Waals surface area contributed by atoms with Gasteiger partial charge in [-0.15, -0.1) is 0 Å². The maximum atomic E-state index is 13.1. The molecule has 1 aliphatic heterocycles. The zero-order valence-electron chi connectivity index (χ0n) is 19.8. The van der Waals surface area contributed by atoms with Gasteiger partial charge in [-0.1, -0.05) is 23.7 Å². The van der Waals surface area contributed by atoms with E-state index in [4.69, 9.17) is 21.1 Å². The summed E-state index contributed by atoms with van der Waals surface area (Å²) in [5, 5.41) is 7.56. The summed E-state index contributed by atoms with van der Waals surface area (Å²) in [5.74, 6) is 2.26. The lowest BCUT2D eigenvalue weighted by Crippen LogP contribution is -2.40. The monoisotopic (exact) mass is 497 g/mol. The maximum Gasteiger partial charge on any atom is 0.244 e. The van der Waals surface area contributed by atoms with Crippen molar-refractivity contribution < 1.29 is 19.1 Å². The number of aryl methyl sites for hydroxylation is 2. The number of fused-ring (bicyclic) bond motifs is 2. The molecule has 4 rings (SSSR count). The van der Waals surface area contributed by atoms with E-state index in [1.807, 2.05) is 24.3 Å². The highest BCUT2D eigenvalue weighted by atomic mass is 35.5. The molecule has 0 radical (unpaired) electrons. The van der Waals surface area contributed by atoms with E-state index in [2.05, 4.69) is 15.4 Å². The van der Waals surface area contributed by atoms with E-state index in [0.717, 1.165) is 19.3 Å². The number of nitrogens with one attached hydrogen (secondary N) is 1. The van der Waals surface area contributed by atoms with Gasteiger partial charge in [0.15, 0.2) is 17.2 Å². The second-order valence-electron chi connectivity index (χ2n) is 8.33. The van der Waals surface area contributed by atoms with Crippen molar-refractivity contribution in [2.45, 2.75) is 39.7 Å². The third-order valence-corrected chi connectivity index (χ3v) is 5.78. The molecule has 35 heavy (non-hydrogen) atoms. The molecule has 184 valence electrons. The minimum atomic E-state index is -0.351. The molecule has 10 heteroatoms. The van der Waals surface area contributed by atoms with Gasteiger partial charge in [0.2, 0.25) is 11.8 Å². The lowest BCUT2D eigenvalue weighted by molar-refractivity contribution is -0.135. The summed E-state index contributed by atoms with van der Waals surface area (Å²) in [6, 6.07) is 12.4. The van der Waals surface area contributed by atoms with E-state index in [1.165, 1.54) is 0 Å². The Bertz CT molecular complexity index is 1210. The van der Waals surface area contributed by atoms with E-state index in [1.54, 1.807) is 41.6 Å². The lowest BCUT2D eigenvalue weighted by atomic mass is 10.2. The number of carbonyl (C=O) groups excluding carboxylic acids is 2. The third-order valence-electron chi connectivity index (χ3n) is 5.55. The molecule has 0 fully saturated rings. The number of rotatable bonds is 2. The third kappa shape index (κ3) is 6.51. The molecule has 3 aromatic rings. The Balaban J connectivity index is 1.57. The van der Waals surface area contributed by atoms with Crippen LogP contribution in [0.25, 0.3) is 0 Å². The number of carbonyl (C=O) groups is 2. The van der Waals surface area contributed by atoms with Crippen LogP contribution in [0.3, 0.4) is 0 Å². The van der Waals surface area contributed by atoms with E-state index in [-0.39, 0.29) is 24.9 Å². The van der Waals surface area contributed by atoms with Gasteiger partial charge in [0.25, 0.3) is 0 Å². The molecule has 0 atom stereocenters. The van der Waals surface area contributed by atoms with Gasteiger partial charge in [-0.3, -0.25) is 9.59 Å². The smallest absolute Gasteiger partial charge is 0.244 e.